The van der Waals surface area contributed by atoms with E-state index in [4.69, 9.17) is 14.2 Å². The first-order valence-electron chi connectivity index (χ1n) is 8.48. The van der Waals surface area contributed by atoms with Gasteiger partial charge in [0.1, 0.15) is 30.8 Å². The predicted molar refractivity (Wildman–Crippen MR) is 90.1 cm³/mol. The lowest BCUT2D eigenvalue weighted by Gasteiger charge is -2.15. The normalized spacial score (nSPS) is 15.7. The van der Waals surface area contributed by atoms with Gasteiger partial charge in [-0.25, -0.2) is 0 Å². The third-order valence-corrected chi connectivity index (χ3v) is 3.57. The molecule has 0 heterocycles. The summed E-state index contributed by atoms with van der Waals surface area (Å²) >= 11 is 0. The number of ether oxygens (including phenoxy) is 3. The third kappa shape index (κ3) is 8.21. The van der Waals surface area contributed by atoms with Crippen LogP contribution in [0.4, 0.5) is 0 Å². The minimum Gasteiger partial charge on any atom is -0.491 e. The van der Waals surface area contributed by atoms with Crippen LogP contribution in [0.3, 0.4) is 0 Å². The molecule has 1 atom stereocenters. The van der Waals surface area contributed by atoms with Gasteiger partial charge in [0.2, 0.25) is 0 Å². The van der Waals surface area contributed by atoms with E-state index in [9.17, 15) is 5.11 Å². The van der Waals surface area contributed by atoms with Gasteiger partial charge in [-0.05, 0) is 43.0 Å². The summed E-state index contributed by atoms with van der Waals surface area (Å²) in [5.74, 6) is 2.32. The van der Waals surface area contributed by atoms with E-state index in [1.807, 2.05) is 38.1 Å². The van der Waals surface area contributed by atoms with Gasteiger partial charge in [-0.3, -0.25) is 0 Å². The molecule has 0 spiro atoms. The summed E-state index contributed by atoms with van der Waals surface area (Å²) in [7, 11) is 0. The highest BCUT2D eigenvalue weighted by Gasteiger charge is 2.20. The smallest absolute Gasteiger partial charge is 0.119 e. The minimum atomic E-state index is -0.517. The van der Waals surface area contributed by atoms with E-state index in [2.05, 4.69) is 5.32 Å². The number of aliphatic hydroxyl groups excluding tert-OH is 1. The van der Waals surface area contributed by atoms with Crippen LogP contribution >= 0.6 is 0 Å². The topological polar surface area (TPSA) is 60.0 Å². The standard InChI is InChI=1S/C18H29NO4/c1-14(2)19-11-16(20)13-23-18-7-5-17(6-8-18)22-10-9-21-12-15-3-4-15/h5-8,14-16,19-20H,3-4,9-13H2,1-2H3. The quantitative estimate of drug-likeness (QED) is 0.578. The third-order valence-electron chi connectivity index (χ3n) is 3.57. The summed E-state index contributed by atoms with van der Waals surface area (Å²) in [6.07, 6.45) is 2.10. The van der Waals surface area contributed by atoms with Crippen LogP contribution in [0.2, 0.25) is 0 Å². The molecule has 0 aliphatic heterocycles. The van der Waals surface area contributed by atoms with Gasteiger partial charge in [0, 0.05) is 19.2 Å². The van der Waals surface area contributed by atoms with Gasteiger partial charge in [-0.1, -0.05) is 13.8 Å². The molecule has 1 aromatic carbocycles. The molecule has 1 saturated carbocycles. The maximum absolute atomic E-state index is 9.80. The van der Waals surface area contributed by atoms with Gasteiger partial charge < -0.3 is 24.6 Å². The number of nitrogens with one attached hydrogen (secondary N) is 1. The summed E-state index contributed by atoms with van der Waals surface area (Å²) < 4.78 is 16.7. The monoisotopic (exact) mass is 323 g/mol. The number of rotatable bonds is 12. The summed E-state index contributed by atoms with van der Waals surface area (Å²) in [4.78, 5) is 0. The molecule has 1 fully saturated rings. The molecule has 1 aliphatic rings. The first kappa shape index (κ1) is 18.0. The lowest BCUT2D eigenvalue weighted by Crippen LogP contribution is -2.35. The van der Waals surface area contributed by atoms with E-state index >= 15 is 0 Å². The summed E-state index contributed by atoms with van der Waals surface area (Å²) in [5, 5.41) is 13.0. The van der Waals surface area contributed by atoms with Crippen molar-refractivity contribution < 1.29 is 19.3 Å². The van der Waals surface area contributed by atoms with Crippen LogP contribution in [0.5, 0.6) is 11.5 Å². The van der Waals surface area contributed by atoms with Crippen molar-refractivity contribution in [2.45, 2.75) is 38.8 Å². The van der Waals surface area contributed by atoms with Crippen LogP contribution in [-0.4, -0.2) is 50.2 Å². The molecule has 2 N–H and O–H groups in total. The SMILES string of the molecule is CC(C)NCC(O)COc1ccc(OCCOCC2CC2)cc1. The van der Waals surface area contributed by atoms with E-state index < -0.39 is 6.10 Å². The van der Waals surface area contributed by atoms with Crippen molar-refractivity contribution in [2.24, 2.45) is 5.92 Å². The van der Waals surface area contributed by atoms with Gasteiger partial charge >= 0.3 is 0 Å². The zero-order chi connectivity index (χ0) is 16.5. The number of benzene rings is 1. The van der Waals surface area contributed by atoms with Gasteiger partial charge in [-0.2, -0.15) is 0 Å². The average Bonchev–Trinajstić information content (AvgIpc) is 3.36. The van der Waals surface area contributed by atoms with Crippen molar-refractivity contribution in [1.82, 2.24) is 5.32 Å². The van der Waals surface area contributed by atoms with Crippen molar-refractivity contribution in [3.8, 4) is 11.5 Å². The van der Waals surface area contributed by atoms with Crippen LogP contribution in [-0.2, 0) is 4.74 Å². The Balaban J connectivity index is 1.57. The second-order valence-corrected chi connectivity index (χ2v) is 6.37. The van der Waals surface area contributed by atoms with Crippen LogP contribution in [0, 0.1) is 5.92 Å². The number of hydrogen-bond donors (Lipinski definition) is 2. The molecule has 130 valence electrons. The number of hydrogen-bond acceptors (Lipinski definition) is 5. The summed E-state index contributed by atoms with van der Waals surface area (Å²) in [6.45, 7) is 6.95. The highest BCUT2D eigenvalue weighted by atomic mass is 16.5. The van der Waals surface area contributed by atoms with Crippen molar-refractivity contribution in [3.63, 3.8) is 0 Å². The Morgan fingerprint density at radius 1 is 1.09 bits per heavy atom. The molecule has 0 bridgehead atoms. The Labute approximate surface area is 138 Å². The second kappa shape index (κ2) is 9.75. The fraction of sp³-hybridized carbons (Fsp3) is 0.667. The zero-order valence-electron chi connectivity index (χ0n) is 14.2. The fourth-order valence-corrected chi connectivity index (χ4v) is 2.01. The van der Waals surface area contributed by atoms with E-state index in [1.165, 1.54) is 12.8 Å². The van der Waals surface area contributed by atoms with Gasteiger partial charge in [0.05, 0.1) is 6.61 Å². The largest absolute Gasteiger partial charge is 0.491 e. The molecule has 5 heteroatoms. The Morgan fingerprint density at radius 3 is 2.35 bits per heavy atom. The van der Waals surface area contributed by atoms with E-state index in [0.29, 0.717) is 25.8 Å². The molecular formula is C18H29NO4. The first-order chi connectivity index (χ1) is 11.1. The van der Waals surface area contributed by atoms with E-state index in [1.54, 1.807) is 0 Å². The molecule has 1 aliphatic carbocycles. The van der Waals surface area contributed by atoms with Crippen molar-refractivity contribution >= 4 is 0 Å². The fourth-order valence-electron chi connectivity index (χ4n) is 2.01. The van der Waals surface area contributed by atoms with Gasteiger partial charge in [-0.15, -0.1) is 0 Å². The van der Waals surface area contributed by atoms with Gasteiger partial charge in [0.25, 0.3) is 0 Å². The molecule has 1 aromatic rings. The molecule has 0 aromatic heterocycles. The second-order valence-electron chi connectivity index (χ2n) is 6.37. The lowest BCUT2D eigenvalue weighted by molar-refractivity contribution is 0.0925. The molecule has 1 unspecified atom stereocenters. The van der Waals surface area contributed by atoms with Crippen LogP contribution < -0.4 is 14.8 Å². The van der Waals surface area contributed by atoms with Crippen molar-refractivity contribution in [1.29, 1.82) is 0 Å². The molecule has 0 saturated heterocycles. The first-order valence-corrected chi connectivity index (χ1v) is 8.48. The minimum absolute atomic E-state index is 0.273. The molecule has 2 rings (SSSR count). The lowest BCUT2D eigenvalue weighted by atomic mass is 10.3. The maximum atomic E-state index is 9.80. The number of aliphatic hydroxyl groups is 1. The molecule has 0 amide bonds. The summed E-state index contributed by atoms with van der Waals surface area (Å²) in [6, 6.07) is 7.80. The van der Waals surface area contributed by atoms with Crippen LogP contribution in [0.15, 0.2) is 24.3 Å². The Hall–Kier alpha value is -1.30. The van der Waals surface area contributed by atoms with E-state index in [0.717, 1.165) is 24.0 Å². The maximum Gasteiger partial charge on any atom is 0.119 e. The van der Waals surface area contributed by atoms with Gasteiger partial charge in [0.15, 0.2) is 0 Å². The molecular weight excluding hydrogens is 294 g/mol. The molecule has 0 radical (unpaired) electrons. The average molecular weight is 323 g/mol. The van der Waals surface area contributed by atoms with Crippen LogP contribution in [0.25, 0.3) is 0 Å². The van der Waals surface area contributed by atoms with Crippen LogP contribution in [0.1, 0.15) is 26.7 Å². The highest BCUT2D eigenvalue weighted by molar-refractivity contribution is 5.31. The Morgan fingerprint density at radius 2 is 1.74 bits per heavy atom. The van der Waals surface area contributed by atoms with Crippen molar-refractivity contribution in [2.75, 3.05) is 33.0 Å². The molecule has 23 heavy (non-hydrogen) atoms. The van der Waals surface area contributed by atoms with E-state index in [-0.39, 0.29) is 6.61 Å². The Bertz CT molecular complexity index is 431. The predicted octanol–water partition coefficient (Wildman–Crippen LogP) is 2.23. The summed E-state index contributed by atoms with van der Waals surface area (Å²) in [5.41, 5.74) is 0. The van der Waals surface area contributed by atoms with Crippen molar-refractivity contribution in [3.05, 3.63) is 24.3 Å². The Kier molecular flexibility index (Phi) is 7.65. The highest BCUT2D eigenvalue weighted by Crippen LogP contribution is 2.28. The zero-order valence-corrected chi connectivity index (χ0v) is 14.2. The molecule has 5 nitrogen and oxygen atoms in total.